The monoisotopic (exact) mass is 340 g/mol. The molecule has 0 saturated carbocycles. The van der Waals surface area contributed by atoms with Gasteiger partial charge >= 0.3 is 0 Å². The molecule has 0 fully saturated rings. The number of hydrogen-bond donors (Lipinski definition) is 3. The van der Waals surface area contributed by atoms with Crippen LogP contribution in [-0.2, 0) is 11.2 Å². The van der Waals surface area contributed by atoms with Crippen LogP contribution in [-0.4, -0.2) is 29.7 Å². The molecular weight excluding hydrogens is 312 g/mol. The minimum Gasteiger partial charge on any atom is -0.395 e. The van der Waals surface area contributed by atoms with Crippen molar-refractivity contribution in [2.45, 2.75) is 45.7 Å². The van der Waals surface area contributed by atoms with Crippen LogP contribution in [0.4, 0.5) is 5.69 Å². The smallest absolute Gasteiger partial charge is 0.225 e. The van der Waals surface area contributed by atoms with Crippen LogP contribution in [0, 0.1) is 13.8 Å². The van der Waals surface area contributed by atoms with Gasteiger partial charge in [0.05, 0.1) is 6.61 Å². The van der Waals surface area contributed by atoms with E-state index in [1.807, 2.05) is 69.3 Å². The molecule has 0 unspecified atom stereocenters. The molecule has 3 N–H and O–H groups in total. The SMILES string of the molecule is Cc1cccc(NC(=O)C[C@@H](C)N[C@H](CO)Cc2ccccc2)c1C. The van der Waals surface area contributed by atoms with Crippen LogP contribution in [0.1, 0.15) is 30.0 Å². The lowest BCUT2D eigenvalue weighted by Gasteiger charge is -2.22. The second kappa shape index (κ2) is 9.35. The molecule has 0 aliphatic heterocycles. The molecule has 2 atom stereocenters. The molecule has 0 radical (unpaired) electrons. The molecule has 0 spiro atoms. The second-order valence-corrected chi connectivity index (χ2v) is 6.64. The lowest BCUT2D eigenvalue weighted by molar-refractivity contribution is -0.116. The predicted molar refractivity (Wildman–Crippen MR) is 103 cm³/mol. The van der Waals surface area contributed by atoms with Crippen LogP contribution in [0.15, 0.2) is 48.5 Å². The van der Waals surface area contributed by atoms with Crippen LogP contribution in [0.2, 0.25) is 0 Å². The molecule has 4 nitrogen and oxygen atoms in total. The van der Waals surface area contributed by atoms with Gasteiger partial charge in [-0.3, -0.25) is 4.79 Å². The zero-order chi connectivity index (χ0) is 18.2. The third-order valence-electron chi connectivity index (χ3n) is 4.44. The molecule has 0 aromatic heterocycles. The van der Waals surface area contributed by atoms with Crippen molar-refractivity contribution in [3.63, 3.8) is 0 Å². The first-order valence-corrected chi connectivity index (χ1v) is 8.76. The Hall–Kier alpha value is -2.17. The van der Waals surface area contributed by atoms with E-state index < -0.39 is 0 Å². The first-order valence-electron chi connectivity index (χ1n) is 8.76. The topological polar surface area (TPSA) is 61.4 Å². The van der Waals surface area contributed by atoms with Crippen molar-refractivity contribution in [2.24, 2.45) is 0 Å². The zero-order valence-electron chi connectivity index (χ0n) is 15.3. The Bertz CT molecular complexity index is 686. The van der Waals surface area contributed by atoms with Gasteiger partial charge in [-0.25, -0.2) is 0 Å². The molecule has 134 valence electrons. The summed E-state index contributed by atoms with van der Waals surface area (Å²) in [5.74, 6) is -0.0231. The summed E-state index contributed by atoms with van der Waals surface area (Å²) in [5.41, 5.74) is 4.28. The number of carbonyl (C=O) groups excluding carboxylic acids is 1. The maximum absolute atomic E-state index is 12.3. The molecule has 0 aliphatic rings. The maximum Gasteiger partial charge on any atom is 0.225 e. The summed E-state index contributed by atoms with van der Waals surface area (Å²) in [5, 5.41) is 15.9. The quantitative estimate of drug-likeness (QED) is 0.691. The lowest BCUT2D eigenvalue weighted by Crippen LogP contribution is -2.42. The molecule has 4 heteroatoms. The van der Waals surface area contributed by atoms with Gasteiger partial charge in [0.25, 0.3) is 0 Å². The predicted octanol–water partition coefficient (Wildman–Crippen LogP) is 3.21. The third-order valence-corrected chi connectivity index (χ3v) is 4.44. The van der Waals surface area contributed by atoms with E-state index in [-0.39, 0.29) is 24.6 Å². The number of aryl methyl sites for hydroxylation is 1. The van der Waals surface area contributed by atoms with Crippen LogP contribution >= 0.6 is 0 Å². The van der Waals surface area contributed by atoms with Crippen LogP contribution in [0.3, 0.4) is 0 Å². The molecule has 25 heavy (non-hydrogen) atoms. The molecule has 0 bridgehead atoms. The number of hydrogen-bond acceptors (Lipinski definition) is 3. The van der Waals surface area contributed by atoms with Gasteiger partial charge in [-0.1, -0.05) is 42.5 Å². The summed E-state index contributed by atoms with van der Waals surface area (Å²) < 4.78 is 0. The van der Waals surface area contributed by atoms with Crippen molar-refractivity contribution in [1.29, 1.82) is 0 Å². The van der Waals surface area contributed by atoms with Crippen molar-refractivity contribution >= 4 is 11.6 Å². The Kier molecular flexibility index (Phi) is 7.16. The first kappa shape index (κ1) is 19.2. The van der Waals surface area contributed by atoms with Gasteiger partial charge in [0.2, 0.25) is 5.91 Å². The summed E-state index contributed by atoms with van der Waals surface area (Å²) in [6.45, 7) is 6.05. The zero-order valence-corrected chi connectivity index (χ0v) is 15.3. The summed E-state index contributed by atoms with van der Waals surface area (Å²) >= 11 is 0. The van der Waals surface area contributed by atoms with E-state index in [0.29, 0.717) is 6.42 Å². The highest BCUT2D eigenvalue weighted by molar-refractivity contribution is 5.92. The van der Waals surface area contributed by atoms with Crippen molar-refractivity contribution in [1.82, 2.24) is 5.32 Å². The highest BCUT2D eigenvalue weighted by Crippen LogP contribution is 2.18. The number of carbonyl (C=O) groups is 1. The van der Waals surface area contributed by atoms with E-state index in [1.165, 1.54) is 5.56 Å². The number of amides is 1. The third kappa shape index (κ3) is 6.00. The molecule has 0 aliphatic carbocycles. The van der Waals surface area contributed by atoms with Crippen molar-refractivity contribution in [2.75, 3.05) is 11.9 Å². The van der Waals surface area contributed by atoms with Gasteiger partial charge in [-0.15, -0.1) is 0 Å². The number of aliphatic hydroxyl groups excluding tert-OH is 1. The molecular formula is C21H28N2O2. The van der Waals surface area contributed by atoms with Crippen LogP contribution < -0.4 is 10.6 Å². The fourth-order valence-corrected chi connectivity index (χ4v) is 2.90. The molecule has 0 saturated heterocycles. The van der Waals surface area contributed by atoms with Crippen LogP contribution in [0.5, 0.6) is 0 Å². The highest BCUT2D eigenvalue weighted by Gasteiger charge is 2.15. The van der Waals surface area contributed by atoms with Gasteiger partial charge in [0.1, 0.15) is 0 Å². The summed E-state index contributed by atoms with van der Waals surface area (Å²) in [4.78, 5) is 12.3. The first-order chi connectivity index (χ1) is 12.0. The Morgan fingerprint density at radius 3 is 2.48 bits per heavy atom. The maximum atomic E-state index is 12.3. The number of aliphatic hydroxyl groups is 1. The fourth-order valence-electron chi connectivity index (χ4n) is 2.90. The number of anilines is 1. The Labute approximate surface area is 150 Å². The van der Waals surface area contributed by atoms with E-state index in [9.17, 15) is 9.90 Å². The van der Waals surface area contributed by atoms with E-state index in [2.05, 4.69) is 10.6 Å². The average Bonchev–Trinajstić information content (AvgIpc) is 2.59. The van der Waals surface area contributed by atoms with Gasteiger partial charge in [0, 0.05) is 24.2 Å². The Morgan fingerprint density at radius 1 is 1.08 bits per heavy atom. The normalized spacial score (nSPS) is 13.3. The van der Waals surface area contributed by atoms with E-state index in [4.69, 9.17) is 0 Å². The molecule has 0 heterocycles. The average molecular weight is 340 g/mol. The number of benzene rings is 2. The van der Waals surface area contributed by atoms with Gasteiger partial charge in [0.15, 0.2) is 0 Å². The summed E-state index contributed by atoms with van der Waals surface area (Å²) in [6, 6.07) is 15.9. The highest BCUT2D eigenvalue weighted by atomic mass is 16.3. The van der Waals surface area contributed by atoms with E-state index in [1.54, 1.807) is 0 Å². The largest absolute Gasteiger partial charge is 0.395 e. The fraction of sp³-hybridized carbons (Fsp3) is 0.381. The standard InChI is InChI=1S/C21H28N2O2/c1-15-8-7-11-20(17(15)3)23-21(25)12-16(2)22-19(14-24)13-18-9-5-4-6-10-18/h4-11,16,19,22,24H,12-14H2,1-3H3,(H,23,25)/t16-,19+/m1/s1. The van der Waals surface area contributed by atoms with Crippen molar-refractivity contribution < 1.29 is 9.90 Å². The van der Waals surface area contributed by atoms with E-state index in [0.717, 1.165) is 23.2 Å². The van der Waals surface area contributed by atoms with Crippen LogP contribution in [0.25, 0.3) is 0 Å². The second-order valence-electron chi connectivity index (χ2n) is 6.64. The minimum atomic E-state index is -0.0640. The Balaban J connectivity index is 1.86. The van der Waals surface area contributed by atoms with E-state index >= 15 is 0 Å². The Morgan fingerprint density at radius 2 is 1.80 bits per heavy atom. The summed E-state index contributed by atoms with van der Waals surface area (Å²) in [6.07, 6.45) is 1.10. The van der Waals surface area contributed by atoms with Gasteiger partial charge in [-0.2, -0.15) is 0 Å². The lowest BCUT2D eigenvalue weighted by atomic mass is 10.0. The van der Waals surface area contributed by atoms with Crippen molar-refractivity contribution in [3.05, 3.63) is 65.2 Å². The molecule has 2 aromatic rings. The number of nitrogens with one attached hydrogen (secondary N) is 2. The minimum absolute atomic E-state index is 0.0222. The van der Waals surface area contributed by atoms with Gasteiger partial charge in [-0.05, 0) is 49.9 Å². The number of rotatable bonds is 8. The molecule has 2 rings (SSSR count). The van der Waals surface area contributed by atoms with Crippen molar-refractivity contribution in [3.8, 4) is 0 Å². The van der Waals surface area contributed by atoms with Gasteiger partial charge < -0.3 is 15.7 Å². The molecule has 2 aromatic carbocycles. The summed E-state index contributed by atoms with van der Waals surface area (Å²) in [7, 11) is 0. The molecule has 1 amide bonds.